The molecule has 1 atom stereocenters. The minimum Gasteiger partial charge on any atom is -0.481 e. The predicted octanol–water partition coefficient (Wildman–Crippen LogP) is 1.94. The zero-order valence-electron chi connectivity index (χ0n) is 13.1. The van der Waals surface area contributed by atoms with E-state index >= 15 is 0 Å². The molecular formula is C16H22N2O4. The summed E-state index contributed by atoms with van der Waals surface area (Å²) in [6.45, 7) is 5.12. The first kappa shape index (κ1) is 15.1. The SMILES string of the molecule is Cc1noc(C)c1CCC(=O)N1CCC2(CC1)CC2C(=O)O. The van der Waals surface area contributed by atoms with Crippen LogP contribution >= 0.6 is 0 Å². The Morgan fingerprint density at radius 3 is 2.55 bits per heavy atom. The molecule has 1 saturated heterocycles. The van der Waals surface area contributed by atoms with Gasteiger partial charge in [0.2, 0.25) is 5.91 Å². The van der Waals surface area contributed by atoms with E-state index < -0.39 is 5.97 Å². The summed E-state index contributed by atoms with van der Waals surface area (Å²) in [6.07, 6.45) is 3.53. The highest BCUT2D eigenvalue weighted by Crippen LogP contribution is 2.59. The third kappa shape index (κ3) is 2.62. The maximum Gasteiger partial charge on any atom is 0.307 e. The number of aromatic nitrogens is 1. The van der Waals surface area contributed by atoms with Crippen LogP contribution in [0.3, 0.4) is 0 Å². The second kappa shape index (κ2) is 5.41. The van der Waals surface area contributed by atoms with Crippen LogP contribution in [-0.4, -0.2) is 40.1 Å². The predicted molar refractivity (Wildman–Crippen MR) is 78.3 cm³/mol. The molecule has 2 fully saturated rings. The normalized spacial score (nSPS) is 22.8. The quantitative estimate of drug-likeness (QED) is 0.919. The molecule has 1 aliphatic carbocycles. The molecule has 2 aliphatic rings. The number of carboxylic acids is 1. The first-order chi connectivity index (χ1) is 10.4. The Kier molecular flexibility index (Phi) is 3.70. The van der Waals surface area contributed by atoms with Crippen LogP contribution < -0.4 is 0 Å². The van der Waals surface area contributed by atoms with E-state index in [1.165, 1.54) is 0 Å². The molecule has 22 heavy (non-hydrogen) atoms. The molecule has 3 rings (SSSR count). The first-order valence-corrected chi connectivity index (χ1v) is 7.85. The minimum atomic E-state index is -0.682. The maximum atomic E-state index is 12.3. The van der Waals surface area contributed by atoms with Crippen LogP contribution in [0.4, 0.5) is 0 Å². The number of rotatable bonds is 4. The molecule has 1 aromatic rings. The smallest absolute Gasteiger partial charge is 0.307 e. The zero-order chi connectivity index (χ0) is 15.9. The fraction of sp³-hybridized carbons (Fsp3) is 0.688. The number of carboxylic acid groups (broad SMARTS) is 1. The molecule has 1 N–H and O–H groups in total. The molecule has 120 valence electrons. The number of aliphatic carboxylic acids is 1. The van der Waals surface area contributed by atoms with Crippen molar-refractivity contribution >= 4 is 11.9 Å². The van der Waals surface area contributed by atoms with Crippen LogP contribution in [0.5, 0.6) is 0 Å². The van der Waals surface area contributed by atoms with Gasteiger partial charge in [0.25, 0.3) is 0 Å². The lowest BCUT2D eigenvalue weighted by molar-refractivity contribution is -0.139. The van der Waals surface area contributed by atoms with Gasteiger partial charge in [-0.3, -0.25) is 9.59 Å². The Labute approximate surface area is 129 Å². The fourth-order valence-electron chi connectivity index (χ4n) is 3.70. The molecule has 0 radical (unpaired) electrons. The summed E-state index contributed by atoms with van der Waals surface area (Å²) in [6, 6.07) is 0. The molecule has 2 heterocycles. The zero-order valence-corrected chi connectivity index (χ0v) is 13.1. The number of nitrogens with zero attached hydrogens (tertiary/aromatic N) is 2. The standard InChI is InChI=1S/C16H22N2O4/c1-10-12(11(2)22-17-10)3-4-14(19)18-7-5-16(6-8-18)9-13(16)15(20)21/h13H,3-9H2,1-2H3,(H,20,21). The van der Waals surface area contributed by atoms with Crippen LogP contribution in [0.2, 0.25) is 0 Å². The van der Waals surface area contributed by atoms with Crippen LogP contribution in [0, 0.1) is 25.2 Å². The topological polar surface area (TPSA) is 83.6 Å². The van der Waals surface area contributed by atoms with E-state index in [2.05, 4.69) is 5.16 Å². The van der Waals surface area contributed by atoms with Gasteiger partial charge in [-0.05, 0) is 44.9 Å². The lowest BCUT2D eigenvalue weighted by Crippen LogP contribution is -2.40. The molecule has 1 amide bonds. The lowest BCUT2D eigenvalue weighted by Gasteiger charge is -2.32. The van der Waals surface area contributed by atoms with E-state index in [1.54, 1.807) is 0 Å². The van der Waals surface area contributed by atoms with E-state index in [1.807, 2.05) is 18.7 Å². The third-order valence-electron chi connectivity index (χ3n) is 5.37. The Hall–Kier alpha value is -1.85. The average molecular weight is 306 g/mol. The van der Waals surface area contributed by atoms with Crippen molar-refractivity contribution in [1.29, 1.82) is 0 Å². The van der Waals surface area contributed by atoms with Gasteiger partial charge in [0, 0.05) is 25.1 Å². The number of piperidine rings is 1. The molecule has 0 bridgehead atoms. The van der Waals surface area contributed by atoms with Gasteiger partial charge in [-0.25, -0.2) is 0 Å². The van der Waals surface area contributed by atoms with Crippen LogP contribution in [0.1, 0.15) is 42.7 Å². The fourth-order valence-corrected chi connectivity index (χ4v) is 3.70. The van der Waals surface area contributed by atoms with Crippen molar-refractivity contribution in [3.05, 3.63) is 17.0 Å². The number of likely N-dealkylation sites (tertiary alicyclic amines) is 1. The first-order valence-electron chi connectivity index (χ1n) is 7.85. The monoisotopic (exact) mass is 306 g/mol. The van der Waals surface area contributed by atoms with E-state index in [-0.39, 0.29) is 17.2 Å². The van der Waals surface area contributed by atoms with Crippen molar-refractivity contribution in [3.8, 4) is 0 Å². The minimum absolute atomic E-state index is 0.0235. The molecule has 1 aliphatic heterocycles. The van der Waals surface area contributed by atoms with E-state index in [9.17, 15) is 9.59 Å². The summed E-state index contributed by atoms with van der Waals surface area (Å²) in [4.78, 5) is 25.2. The number of hydrogen-bond acceptors (Lipinski definition) is 4. The van der Waals surface area contributed by atoms with Crippen molar-refractivity contribution < 1.29 is 19.2 Å². The van der Waals surface area contributed by atoms with Gasteiger partial charge in [-0.2, -0.15) is 0 Å². The van der Waals surface area contributed by atoms with Gasteiger partial charge in [0.1, 0.15) is 5.76 Å². The lowest BCUT2D eigenvalue weighted by atomic mass is 9.90. The van der Waals surface area contributed by atoms with Crippen molar-refractivity contribution in [2.45, 2.75) is 46.0 Å². The van der Waals surface area contributed by atoms with Crippen LogP contribution in [0.25, 0.3) is 0 Å². The third-order valence-corrected chi connectivity index (χ3v) is 5.37. The number of carbonyl (C=O) groups is 2. The Morgan fingerprint density at radius 2 is 2.05 bits per heavy atom. The molecule has 1 unspecified atom stereocenters. The average Bonchev–Trinajstić information content (AvgIpc) is 3.10. The van der Waals surface area contributed by atoms with Gasteiger partial charge < -0.3 is 14.5 Å². The summed E-state index contributed by atoms with van der Waals surface area (Å²) < 4.78 is 5.11. The van der Waals surface area contributed by atoms with Gasteiger partial charge >= 0.3 is 5.97 Å². The van der Waals surface area contributed by atoms with Crippen molar-refractivity contribution in [2.75, 3.05) is 13.1 Å². The summed E-state index contributed by atoms with van der Waals surface area (Å²) in [5.41, 5.74) is 1.85. The molecule has 1 saturated carbocycles. The second-order valence-electron chi connectivity index (χ2n) is 6.64. The number of amides is 1. The highest BCUT2D eigenvalue weighted by molar-refractivity contribution is 5.77. The Balaban J connectivity index is 1.50. The van der Waals surface area contributed by atoms with E-state index in [4.69, 9.17) is 9.63 Å². The second-order valence-corrected chi connectivity index (χ2v) is 6.64. The van der Waals surface area contributed by atoms with Crippen LogP contribution in [0.15, 0.2) is 4.52 Å². The van der Waals surface area contributed by atoms with E-state index in [0.29, 0.717) is 25.9 Å². The van der Waals surface area contributed by atoms with Crippen molar-refractivity contribution in [1.82, 2.24) is 10.1 Å². The summed E-state index contributed by atoms with van der Waals surface area (Å²) >= 11 is 0. The molecule has 6 nitrogen and oxygen atoms in total. The van der Waals surface area contributed by atoms with Gasteiger partial charge in [0.15, 0.2) is 0 Å². The molecular weight excluding hydrogens is 284 g/mol. The van der Waals surface area contributed by atoms with Gasteiger partial charge in [-0.1, -0.05) is 5.16 Å². The number of aryl methyl sites for hydroxylation is 2. The molecule has 0 aromatic carbocycles. The highest BCUT2D eigenvalue weighted by Gasteiger charge is 2.59. The van der Waals surface area contributed by atoms with E-state index in [0.717, 1.165) is 36.3 Å². The molecule has 6 heteroatoms. The Bertz CT molecular complexity index is 580. The number of hydrogen-bond donors (Lipinski definition) is 1. The summed E-state index contributed by atoms with van der Waals surface area (Å²) in [5, 5.41) is 13.0. The van der Waals surface area contributed by atoms with Crippen LogP contribution in [-0.2, 0) is 16.0 Å². The molecule has 1 spiro atoms. The highest BCUT2D eigenvalue weighted by atomic mass is 16.5. The van der Waals surface area contributed by atoms with Gasteiger partial charge in [-0.15, -0.1) is 0 Å². The van der Waals surface area contributed by atoms with Crippen molar-refractivity contribution in [2.24, 2.45) is 11.3 Å². The largest absolute Gasteiger partial charge is 0.481 e. The summed E-state index contributed by atoms with van der Waals surface area (Å²) in [7, 11) is 0. The number of carbonyl (C=O) groups excluding carboxylic acids is 1. The van der Waals surface area contributed by atoms with Gasteiger partial charge in [0.05, 0.1) is 11.6 Å². The maximum absolute atomic E-state index is 12.3. The Morgan fingerprint density at radius 1 is 1.36 bits per heavy atom. The van der Waals surface area contributed by atoms with Crippen molar-refractivity contribution in [3.63, 3.8) is 0 Å². The summed E-state index contributed by atoms with van der Waals surface area (Å²) in [5.74, 6) is 0.0535. The molecule has 1 aromatic heterocycles.